The minimum atomic E-state index is -3.85. The van der Waals surface area contributed by atoms with Crippen molar-refractivity contribution in [2.45, 2.75) is 13.8 Å². The molecule has 0 amide bonds. The molecule has 7 heteroatoms. The Bertz CT molecular complexity index is 268. The number of ether oxygens (including phenoxy) is 1. The maximum atomic E-state index is 11.2. The summed E-state index contributed by atoms with van der Waals surface area (Å²) in [7, 11) is -2.78. The molecule has 0 saturated carbocycles. The molecule has 0 fully saturated rings. The molecular weight excluding hydrogens is 196 g/mol. The van der Waals surface area contributed by atoms with Crippen molar-refractivity contribution < 1.29 is 18.3 Å². The maximum Gasteiger partial charge on any atom is 0.324 e. The molecule has 13 heavy (non-hydrogen) atoms. The van der Waals surface area contributed by atoms with E-state index in [2.05, 4.69) is 9.13 Å². The SMILES string of the molecule is CCN(CC)S(=O)(=O)/N=C(\[O-])OC. The van der Waals surface area contributed by atoms with Crippen molar-refractivity contribution >= 4 is 16.3 Å². The Balaban J connectivity index is 4.76. The Morgan fingerprint density at radius 2 is 1.92 bits per heavy atom. The molecule has 0 aromatic heterocycles. The van der Waals surface area contributed by atoms with Gasteiger partial charge in [-0.25, -0.2) is 0 Å². The average Bonchev–Trinajstić information content (AvgIpc) is 2.05. The molecule has 0 N–H and O–H groups in total. The van der Waals surface area contributed by atoms with Gasteiger partial charge in [0.1, 0.15) is 0 Å². The van der Waals surface area contributed by atoms with Crippen molar-refractivity contribution in [3.63, 3.8) is 0 Å². The lowest BCUT2D eigenvalue weighted by atomic mass is 10.7. The van der Waals surface area contributed by atoms with E-state index in [1.165, 1.54) is 0 Å². The van der Waals surface area contributed by atoms with E-state index in [-0.39, 0.29) is 13.1 Å². The zero-order valence-corrected chi connectivity index (χ0v) is 8.67. The Morgan fingerprint density at radius 1 is 1.46 bits per heavy atom. The Labute approximate surface area is 78.0 Å². The molecule has 0 aromatic carbocycles. The summed E-state index contributed by atoms with van der Waals surface area (Å²) in [6.07, 6.45) is -1.10. The minimum Gasteiger partial charge on any atom is -0.603 e. The van der Waals surface area contributed by atoms with Crippen LogP contribution in [0.5, 0.6) is 0 Å². The molecule has 0 aliphatic carbocycles. The molecule has 78 valence electrons. The van der Waals surface area contributed by atoms with Crippen LogP contribution in [0.15, 0.2) is 4.40 Å². The summed E-state index contributed by atoms with van der Waals surface area (Å²) in [6, 6.07) is 0. The lowest BCUT2D eigenvalue weighted by Crippen LogP contribution is -2.32. The fourth-order valence-corrected chi connectivity index (χ4v) is 1.77. The van der Waals surface area contributed by atoms with Crippen LogP contribution >= 0.6 is 0 Å². The van der Waals surface area contributed by atoms with Gasteiger partial charge in [0.2, 0.25) is 0 Å². The van der Waals surface area contributed by atoms with Crippen molar-refractivity contribution in [1.29, 1.82) is 0 Å². The van der Waals surface area contributed by atoms with Gasteiger partial charge >= 0.3 is 10.2 Å². The first kappa shape index (κ1) is 12.2. The van der Waals surface area contributed by atoms with Crippen molar-refractivity contribution in [1.82, 2.24) is 4.31 Å². The van der Waals surface area contributed by atoms with Gasteiger partial charge in [0.05, 0.1) is 0 Å². The molecular formula is C6H13N2O4S-. The molecule has 0 rings (SSSR count). The second kappa shape index (κ2) is 5.03. The number of nitrogens with zero attached hydrogens (tertiary/aromatic N) is 2. The Morgan fingerprint density at radius 3 is 2.23 bits per heavy atom. The molecule has 0 saturated heterocycles. The molecule has 0 unspecified atom stereocenters. The van der Waals surface area contributed by atoms with E-state index in [9.17, 15) is 13.5 Å². The largest absolute Gasteiger partial charge is 0.603 e. The predicted octanol–water partition coefficient (Wildman–Crippen LogP) is -1.06. The van der Waals surface area contributed by atoms with Crippen molar-refractivity contribution in [3.8, 4) is 0 Å². The van der Waals surface area contributed by atoms with E-state index >= 15 is 0 Å². The van der Waals surface area contributed by atoms with E-state index in [4.69, 9.17) is 0 Å². The molecule has 0 aliphatic rings. The Kier molecular flexibility index (Phi) is 4.71. The maximum absolute atomic E-state index is 11.2. The highest BCUT2D eigenvalue weighted by atomic mass is 32.2. The standard InChI is InChI=1S/C6H14N2O4S/c1-4-8(5-2)13(10,11)7-6(9)12-3/h4-5H2,1-3H3,(H,7,9)/p-1. The lowest BCUT2D eigenvalue weighted by Gasteiger charge is -2.16. The van der Waals surface area contributed by atoms with E-state index in [1.54, 1.807) is 13.8 Å². The first-order valence-electron chi connectivity index (χ1n) is 3.79. The summed E-state index contributed by atoms with van der Waals surface area (Å²) in [6.45, 7) is 3.88. The van der Waals surface area contributed by atoms with E-state index in [0.717, 1.165) is 11.4 Å². The number of rotatable bonds is 4. The number of hydrogen-bond acceptors (Lipinski definition) is 4. The Hall–Kier alpha value is -0.820. The van der Waals surface area contributed by atoms with Crippen LogP contribution in [0.4, 0.5) is 0 Å². The molecule has 0 spiro atoms. The fourth-order valence-electron chi connectivity index (χ4n) is 0.739. The summed E-state index contributed by atoms with van der Waals surface area (Å²) in [4.78, 5) is 0. The number of methoxy groups -OCH3 is 1. The fraction of sp³-hybridized carbons (Fsp3) is 0.833. The van der Waals surface area contributed by atoms with E-state index in [0.29, 0.717) is 0 Å². The number of hydrogen-bond donors (Lipinski definition) is 0. The predicted molar refractivity (Wildman–Crippen MR) is 46.3 cm³/mol. The third-order valence-corrected chi connectivity index (χ3v) is 2.94. The molecule has 6 nitrogen and oxygen atoms in total. The van der Waals surface area contributed by atoms with Crippen LogP contribution in [0.3, 0.4) is 0 Å². The van der Waals surface area contributed by atoms with Crippen LogP contribution in [0.2, 0.25) is 0 Å². The van der Waals surface area contributed by atoms with Gasteiger partial charge in [-0.2, -0.15) is 12.7 Å². The summed E-state index contributed by atoms with van der Waals surface area (Å²) in [5.74, 6) is 0. The molecule has 0 atom stereocenters. The summed E-state index contributed by atoms with van der Waals surface area (Å²) in [5, 5.41) is 10.6. The van der Waals surface area contributed by atoms with Gasteiger partial charge in [0.15, 0.2) is 6.08 Å². The third-order valence-electron chi connectivity index (χ3n) is 1.40. The van der Waals surface area contributed by atoms with Crippen LogP contribution in [0, 0.1) is 0 Å². The molecule has 0 bridgehead atoms. The molecule has 0 aliphatic heterocycles. The van der Waals surface area contributed by atoms with Gasteiger partial charge in [-0.3, -0.25) is 0 Å². The first-order valence-corrected chi connectivity index (χ1v) is 5.18. The molecule has 0 heterocycles. The first-order chi connectivity index (χ1) is 5.97. The van der Waals surface area contributed by atoms with Gasteiger partial charge in [-0.05, 0) is 7.11 Å². The van der Waals surface area contributed by atoms with Gasteiger partial charge < -0.3 is 9.84 Å². The summed E-state index contributed by atoms with van der Waals surface area (Å²) < 4.78 is 30.5. The van der Waals surface area contributed by atoms with Gasteiger partial charge in [0, 0.05) is 13.1 Å². The quantitative estimate of drug-likeness (QED) is 0.436. The minimum absolute atomic E-state index is 0.277. The average molecular weight is 209 g/mol. The lowest BCUT2D eigenvalue weighted by molar-refractivity contribution is -0.246. The van der Waals surface area contributed by atoms with Crippen molar-refractivity contribution in [2.24, 2.45) is 4.40 Å². The molecule has 0 radical (unpaired) electrons. The highest BCUT2D eigenvalue weighted by Crippen LogP contribution is 2.01. The highest BCUT2D eigenvalue weighted by Gasteiger charge is 2.16. The topological polar surface area (TPSA) is 82.0 Å². The van der Waals surface area contributed by atoms with Gasteiger partial charge in [-0.1, -0.05) is 13.8 Å². The van der Waals surface area contributed by atoms with Crippen LogP contribution in [-0.4, -0.2) is 39.0 Å². The van der Waals surface area contributed by atoms with Crippen LogP contribution in [0.25, 0.3) is 0 Å². The zero-order chi connectivity index (χ0) is 10.5. The zero-order valence-electron chi connectivity index (χ0n) is 7.85. The molecule has 0 aromatic rings. The normalized spacial score (nSPS) is 13.4. The van der Waals surface area contributed by atoms with Crippen LogP contribution in [0.1, 0.15) is 13.8 Å². The van der Waals surface area contributed by atoms with E-state index < -0.39 is 16.3 Å². The van der Waals surface area contributed by atoms with Gasteiger partial charge in [0.25, 0.3) is 0 Å². The second-order valence-corrected chi connectivity index (χ2v) is 3.72. The monoisotopic (exact) mass is 209 g/mol. The van der Waals surface area contributed by atoms with Gasteiger partial charge in [-0.15, -0.1) is 4.40 Å². The van der Waals surface area contributed by atoms with Crippen LogP contribution < -0.4 is 5.11 Å². The second-order valence-electron chi connectivity index (χ2n) is 2.12. The summed E-state index contributed by atoms with van der Waals surface area (Å²) >= 11 is 0. The summed E-state index contributed by atoms with van der Waals surface area (Å²) in [5.41, 5.74) is 0. The third kappa shape index (κ3) is 3.60. The van der Waals surface area contributed by atoms with Crippen molar-refractivity contribution in [3.05, 3.63) is 0 Å². The highest BCUT2D eigenvalue weighted by molar-refractivity contribution is 7.87. The van der Waals surface area contributed by atoms with Crippen LogP contribution in [-0.2, 0) is 14.9 Å². The smallest absolute Gasteiger partial charge is 0.324 e. The van der Waals surface area contributed by atoms with E-state index in [1.807, 2.05) is 0 Å². The van der Waals surface area contributed by atoms with Crippen molar-refractivity contribution in [2.75, 3.05) is 20.2 Å².